The van der Waals surface area contributed by atoms with E-state index < -0.39 is 7.92 Å². The zero-order valence-electron chi connectivity index (χ0n) is 19.6. The first-order valence-corrected chi connectivity index (χ1v) is 13.0. The van der Waals surface area contributed by atoms with Crippen LogP contribution in [0.15, 0.2) is 133 Å². The standard InChI is InChI=1S/C32H28NP/c1-25-13-19-30(20-14-25)34(31-21-15-26(2)16-22-31)32-23-17-29(18-24-32)33(27-9-5-3-6-10-27)28-11-7-4-8-12-28/h3-24H,1-2H3. The highest BCUT2D eigenvalue weighted by molar-refractivity contribution is 7.79. The van der Waals surface area contributed by atoms with Crippen molar-refractivity contribution >= 4 is 40.9 Å². The van der Waals surface area contributed by atoms with E-state index >= 15 is 0 Å². The Morgan fingerprint density at radius 1 is 0.382 bits per heavy atom. The van der Waals surface area contributed by atoms with Gasteiger partial charge in [-0.3, -0.25) is 0 Å². The third-order valence-electron chi connectivity index (χ3n) is 5.98. The molecule has 2 heteroatoms. The molecule has 0 fully saturated rings. The van der Waals surface area contributed by atoms with E-state index in [0.29, 0.717) is 0 Å². The summed E-state index contributed by atoms with van der Waals surface area (Å²) in [5.74, 6) is 0. The van der Waals surface area contributed by atoms with Crippen LogP contribution in [0.2, 0.25) is 0 Å². The average Bonchev–Trinajstić information content (AvgIpc) is 2.89. The number of hydrogen-bond acceptors (Lipinski definition) is 1. The molecule has 0 aliphatic carbocycles. The zero-order valence-corrected chi connectivity index (χ0v) is 20.5. The Kier molecular flexibility index (Phi) is 6.56. The van der Waals surface area contributed by atoms with Crippen LogP contribution in [-0.2, 0) is 0 Å². The van der Waals surface area contributed by atoms with Gasteiger partial charge in [0.15, 0.2) is 0 Å². The lowest BCUT2D eigenvalue weighted by atomic mass is 10.2. The summed E-state index contributed by atoms with van der Waals surface area (Å²) in [6, 6.07) is 48.3. The van der Waals surface area contributed by atoms with Gasteiger partial charge in [0.2, 0.25) is 0 Å². The second-order valence-corrected chi connectivity index (χ2v) is 10.7. The molecule has 0 bridgehead atoms. The number of anilines is 3. The minimum atomic E-state index is -0.629. The van der Waals surface area contributed by atoms with Crippen LogP contribution < -0.4 is 20.8 Å². The predicted molar refractivity (Wildman–Crippen MR) is 149 cm³/mol. The van der Waals surface area contributed by atoms with E-state index in [1.54, 1.807) is 0 Å². The summed E-state index contributed by atoms with van der Waals surface area (Å²) < 4.78 is 0. The van der Waals surface area contributed by atoms with Gasteiger partial charge < -0.3 is 4.90 Å². The lowest BCUT2D eigenvalue weighted by Crippen LogP contribution is -2.21. The van der Waals surface area contributed by atoms with Crippen LogP contribution in [0.5, 0.6) is 0 Å². The Morgan fingerprint density at radius 2 is 0.706 bits per heavy atom. The molecular formula is C32H28NP. The number of aryl methyl sites for hydroxylation is 2. The Labute approximate surface area is 204 Å². The van der Waals surface area contributed by atoms with Gasteiger partial charge in [0.05, 0.1) is 0 Å². The lowest BCUT2D eigenvalue weighted by Gasteiger charge is -2.26. The van der Waals surface area contributed by atoms with Gasteiger partial charge in [-0.1, -0.05) is 108 Å². The van der Waals surface area contributed by atoms with Crippen LogP contribution >= 0.6 is 7.92 Å². The van der Waals surface area contributed by atoms with Crippen molar-refractivity contribution in [3.63, 3.8) is 0 Å². The smallest absolute Gasteiger partial charge is 0.0462 e. The summed E-state index contributed by atoms with van der Waals surface area (Å²) in [6.45, 7) is 4.29. The van der Waals surface area contributed by atoms with Crippen molar-refractivity contribution in [2.45, 2.75) is 13.8 Å². The Bertz CT molecular complexity index is 1240. The highest BCUT2D eigenvalue weighted by Crippen LogP contribution is 2.37. The minimum absolute atomic E-state index is 0.629. The van der Waals surface area contributed by atoms with Crippen molar-refractivity contribution in [1.82, 2.24) is 0 Å². The molecule has 0 N–H and O–H groups in total. The van der Waals surface area contributed by atoms with Crippen LogP contribution in [0, 0.1) is 13.8 Å². The summed E-state index contributed by atoms with van der Waals surface area (Å²) in [6.07, 6.45) is 0. The fourth-order valence-electron chi connectivity index (χ4n) is 4.19. The van der Waals surface area contributed by atoms with Gasteiger partial charge in [0, 0.05) is 17.1 Å². The van der Waals surface area contributed by atoms with E-state index in [2.05, 4.69) is 152 Å². The van der Waals surface area contributed by atoms with Crippen LogP contribution in [0.4, 0.5) is 17.1 Å². The molecule has 0 heterocycles. The number of para-hydroxylation sites is 2. The van der Waals surface area contributed by atoms with Crippen molar-refractivity contribution in [2.75, 3.05) is 4.90 Å². The summed E-state index contributed by atoms with van der Waals surface area (Å²) in [5.41, 5.74) is 6.05. The van der Waals surface area contributed by atoms with E-state index in [1.165, 1.54) is 27.0 Å². The molecule has 0 amide bonds. The van der Waals surface area contributed by atoms with Crippen molar-refractivity contribution in [3.05, 3.63) is 145 Å². The molecule has 1 nitrogen and oxygen atoms in total. The molecule has 0 atom stereocenters. The first-order valence-electron chi connectivity index (χ1n) is 11.6. The largest absolute Gasteiger partial charge is 0.311 e. The number of hydrogen-bond donors (Lipinski definition) is 0. The van der Waals surface area contributed by atoms with Crippen LogP contribution in [-0.4, -0.2) is 0 Å². The Morgan fingerprint density at radius 3 is 1.09 bits per heavy atom. The quantitative estimate of drug-likeness (QED) is 0.238. The maximum atomic E-state index is 2.31. The highest BCUT2D eigenvalue weighted by Gasteiger charge is 2.18. The normalized spacial score (nSPS) is 10.9. The first kappa shape index (κ1) is 22.1. The summed E-state index contributed by atoms with van der Waals surface area (Å²) in [5, 5.41) is 4.10. The van der Waals surface area contributed by atoms with Gasteiger partial charge in [0.1, 0.15) is 0 Å². The predicted octanol–water partition coefficient (Wildman–Crippen LogP) is 7.53. The molecule has 34 heavy (non-hydrogen) atoms. The molecule has 5 aromatic rings. The number of rotatable bonds is 6. The second-order valence-electron chi connectivity index (χ2n) is 8.53. The maximum absolute atomic E-state index is 2.31. The van der Waals surface area contributed by atoms with Gasteiger partial charge in [-0.05, 0) is 74.1 Å². The van der Waals surface area contributed by atoms with E-state index in [-0.39, 0.29) is 0 Å². The molecule has 5 aromatic carbocycles. The molecule has 166 valence electrons. The molecule has 0 aromatic heterocycles. The molecule has 0 unspecified atom stereocenters. The van der Waals surface area contributed by atoms with E-state index in [0.717, 1.165) is 17.1 Å². The van der Waals surface area contributed by atoms with Gasteiger partial charge in [-0.25, -0.2) is 0 Å². The van der Waals surface area contributed by atoms with Gasteiger partial charge in [-0.2, -0.15) is 0 Å². The number of benzene rings is 5. The highest BCUT2D eigenvalue weighted by atomic mass is 31.1. The van der Waals surface area contributed by atoms with E-state index in [4.69, 9.17) is 0 Å². The van der Waals surface area contributed by atoms with Gasteiger partial charge in [-0.15, -0.1) is 0 Å². The van der Waals surface area contributed by atoms with E-state index in [9.17, 15) is 0 Å². The fourth-order valence-corrected chi connectivity index (χ4v) is 6.42. The fraction of sp³-hybridized carbons (Fsp3) is 0.0625. The molecular weight excluding hydrogens is 429 g/mol. The SMILES string of the molecule is Cc1ccc(P(c2ccc(C)cc2)c2ccc(N(c3ccccc3)c3ccccc3)cc2)cc1. The van der Waals surface area contributed by atoms with E-state index in [1.807, 2.05) is 0 Å². The van der Waals surface area contributed by atoms with Crippen molar-refractivity contribution in [1.29, 1.82) is 0 Å². The van der Waals surface area contributed by atoms with Gasteiger partial charge in [0.25, 0.3) is 0 Å². The third-order valence-corrected chi connectivity index (χ3v) is 8.42. The molecule has 0 saturated heterocycles. The molecule has 0 radical (unpaired) electrons. The maximum Gasteiger partial charge on any atom is 0.0462 e. The average molecular weight is 458 g/mol. The second kappa shape index (κ2) is 10.1. The zero-order chi connectivity index (χ0) is 23.3. The van der Waals surface area contributed by atoms with Crippen LogP contribution in [0.3, 0.4) is 0 Å². The first-order chi connectivity index (χ1) is 16.7. The molecule has 0 aliphatic rings. The Balaban J connectivity index is 1.57. The summed E-state index contributed by atoms with van der Waals surface area (Å²) in [7, 11) is -0.629. The molecule has 0 saturated carbocycles. The minimum Gasteiger partial charge on any atom is -0.311 e. The van der Waals surface area contributed by atoms with Crippen molar-refractivity contribution in [2.24, 2.45) is 0 Å². The van der Waals surface area contributed by atoms with Crippen molar-refractivity contribution < 1.29 is 0 Å². The molecule has 5 rings (SSSR count). The summed E-state index contributed by atoms with van der Waals surface area (Å²) >= 11 is 0. The van der Waals surface area contributed by atoms with Crippen molar-refractivity contribution in [3.8, 4) is 0 Å². The lowest BCUT2D eigenvalue weighted by molar-refractivity contribution is 1.29. The summed E-state index contributed by atoms with van der Waals surface area (Å²) in [4.78, 5) is 2.31. The topological polar surface area (TPSA) is 3.24 Å². The Hall–Kier alpha value is -3.67. The number of nitrogens with zero attached hydrogens (tertiary/aromatic N) is 1. The van der Waals surface area contributed by atoms with Crippen LogP contribution in [0.1, 0.15) is 11.1 Å². The monoisotopic (exact) mass is 457 g/mol. The third kappa shape index (κ3) is 4.81. The van der Waals surface area contributed by atoms with Crippen LogP contribution in [0.25, 0.3) is 0 Å². The molecule has 0 spiro atoms. The molecule has 0 aliphatic heterocycles. The van der Waals surface area contributed by atoms with Gasteiger partial charge >= 0.3 is 0 Å².